The van der Waals surface area contributed by atoms with E-state index in [1.165, 1.54) is 50.6 Å². The summed E-state index contributed by atoms with van der Waals surface area (Å²) in [5.74, 6) is 0.751. The zero-order valence-corrected chi connectivity index (χ0v) is 13.3. The van der Waals surface area contributed by atoms with E-state index in [1.54, 1.807) is 0 Å². The average molecular weight is 277 g/mol. The fourth-order valence-corrected chi connectivity index (χ4v) is 3.01. The van der Waals surface area contributed by atoms with Crippen LogP contribution < -0.4 is 5.32 Å². The Hall–Kier alpha value is -0.830. The third kappa shape index (κ3) is 5.28. The Bertz CT molecular complexity index is 364. The maximum absolute atomic E-state index is 4.78. The fraction of sp³-hybridized carbons (Fsp3) is 0.824. The number of nitrogens with zero attached hydrogens (tertiary/aromatic N) is 2. The van der Waals surface area contributed by atoms with E-state index in [4.69, 9.17) is 5.10 Å². The van der Waals surface area contributed by atoms with Crippen molar-refractivity contribution >= 4 is 0 Å². The Labute approximate surface area is 124 Å². The van der Waals surface area contributed by atoms with E-state index in [0.29, 0.717) is 6.04 Å². The Balaban J connectivity index is 1.62. The van der Waals surface area contributed by atoms with Crippen LogP contribution in [0.15, 0.2) is 12.3 Å². The summed E-state index contributed by atoms with van der Waals surface area (Å²) < 4.78 is 2.23. The summed E-state index contributed by atoms with van der Waals surface area (Å²) in [5, 5.41) is 8.28. The molecule has 1 aliphatic rings. The van der Waals surface area contributed by atoms with Crippen molar-refractivity contribution in [1.29, 1.82) is 0 Å². The third-order valence-electron chi connectivity index (χ3n) is 4.20. The predicted molar refractivity (Wildman–Crippen MR) is 85.0 cm³/mol. The molecule has 1 fully saturated rings. The molecule has 1 aromatic heterocycles. The first-order chi connectivity index (χ1) is 9.75. The summed E-state index contributed by atoms with van der Waals surface area (Å²) in [6, 6.07) is 2.89. The SMILES string of the molecule is CC(C)CNCCCCc1ccn(C2CCCCC2)n1. The quantitative estimate of drug-likeness (QED) is 0.729. The molecule has 1 aliphatic carbocycles. The summed E-state index contributed by atoms with van der Waals surface area (Å²) in [7, 11) is 0. The Kier molecular flexibility index (Phi) is 6.58. The van der Waals surface area contributed by atoms with Gasteiger partial charge in [0.05, 0.1) is 11.7 Å². The molecule has 3 nitrogen and oxygen atoms in total. The zero-order chi connectivity index (χ0) is 14.2. The molecule has 1 saturated carbocycles. The molecule has 3 heteroatoms. The van der Waals surface area contributed by atoms with Crippen LogP contribution in [0.5, 0.6) is 0 Å². The molecule has 114 valence electrons. The summed E-state index contributed by atoms with van der Waals surface area (Å²) in [6.07, 6.45) is 12.6. The molecule has 1 heterocycles. The monoisotopic (exact) mass is 277 g/mol. The van der Waals surface area contributed by atoms with Crippen molar-refractivity contribution in [1.82, 2.24) is 15.1 Å². The van der Waals surface area contributed by atoms with Crippen LogP contribution in [0, 0.1) is 5.92 Å². The molecule has 1 aromatic rings. The first-order valence-electron chi connectivity index (χ1n) is 8.50. The fourth-order valence-electron chi connectivity index (χ4n) is 3.01. The van der Waals surface area contributed by atoms with Gasteiger partial charge in [-0.25, -0.2) is 0 Å². The van der Waals surface area contributed by atoms with E-state index in [-0.39, 0.29) is 0 Å². The highest BCUT2D eigenvalue weighted by Gasteiger charge is 2.15. The summed E-state index contributed by atoms with van der Waals surface area (Å²) >= 11 is 0. The number of aryl methyl sites for hydroxylation is 1. The van der Waals surface area contributed by atoms with E-state index < -0.39 is 0 Å². The second-order valence-corrected chi connectivity index (χ2v) is 6.63. The van der Waals surface area contributed by atoms with Gasteiger partial charge in [0.1, 0.15) is 0 Å². The number of nitrogens with one attached hydrogen (secondary N) is 1. The Morgan fingerprint density at radius 3 is 2.80 bits per heavy atom. The number of rotatable bonds is 8. The molecule has 1 N–H and O–H groups in total. The smallest absolute Gasteiger partial charge is 0.0624 e. The minimum Gasteiger partial charge on any atom is -0.316 e. The number of hydrogen-bond donors (Lipinski definition) is 1. The van der Waals surface area contributed by atoms with Gasteiger partial charge in [0.2, 0.25) is 0 Å². The van der Waals surface area contributed by atoms with Gasteiger partial charge in [0, 0.05) is 6.20 Å². The van der Waals surface area contributed by atoms with Crippen LogP contribution in [0.2, 0.25) is 0 Å². The molecule has 0 unspecified atom stereocenters. The molecule has 0 aromatic carbocycles. The number of aromatic nitrogens is 2. The van der Waals surface area contributed by atoms with Crippen molar-refractivity contribution in [2.45, 2.75) is 71.3 Å². The topological polar surface area (TPSA) is 29.9 Å². The average Bonchev–Trinajstić information content (AvgIpc) is 2.92. The van der Waals surface area contributed by atoms with E-state index in [2.05, 4.69) is 36.1 Å². The highest BCUT2D eigenvalue weighted by atomic mass is 15.3. The normalized spacial score (nSPS) is 16.9. The van der Waals surface area contributed by atoms with Crippen LogP contribution in [-0.4, -0.2) is 22.9 Å². The highest BCUT2D eigenvalue weighted by Crippen LogP contribution is 2.27. The van der Waals surface area contributed by atoms with Crippen LogP contribution in [0.4, 0.5) is 0 Å². The minimum atomic E-state index is 0.671. The highest BCUT2D eigenvalue weighted by molar-refractivity contribution is 5.00. The van der Waals surface area contributed by atoms with Crippen LogP contribution in [-0.2, 0) is 6.42 Å². The van der Waals surface area contributed by atoms with Crippen LogP contribution in [0.25, 0.3) is 0 Å². The molecule has 0 radical (unpaired) electrons. The van der Waals surface area contributed by atoms with Crippen molar-refractivity contribution in [3.8, 4) is 0 Å². The minimum absolute atomic E-state index is 0.671. The van der Waals surface area contributed by atoms with Crippen molar-refractivity contribution in [2.75, 3.05) is 13.1 Å². The van der Waals surface area contributed by atoms with Gasteiger partial charge < -0.3 is 5.32 Å². The third-order valence-corrected chi connectivity index (χ3v) is 4.20. The van der Waals surface area contributed by atoms with Crippen LogP contribution >= 0.6 is 0 Å². The number of hydrogen-bond acceptors (Lipinski definition) is 2. The molecule has 0 atom stereocenters. The van der Waals surface area contributed by atoms with Gasteiger partial charge >= 0.3 is 0 Å². The molecule has 2 rings (SSSR count). The molecule has 0 aliphatic heterocycles. The van der Waals surface area contributed by atoms with Gasteiger partial charge in [-0.1, -0.05) is 33.1 Å². The van der Waals surface area contributed by atoms with Crippen molar-refractivity contribution < 1.29 is 0 Å². The lowest BCUT2D eigenvalue weighted by Gasteiger charge is -2.21. The first-order valence-corrected chi connectivity index (χ1v) is 8.50. The lowest BCUT2D eigenvalue weighted by Crippen LogP contribution is -2.20. The van der Waals surface area contributed by atoms with E-state index in [9.17, 15) is 0 Å². The molecular formula is C17H31N3. The maximum Gasteiger partial charge on any atom is 0.0624 e. The van der Waals surface area contributed by atoms with E-state index in [0.717, 1.165) is 25.4 Å². The second-order valence-electron chi connectivity index (χ2n) is 6.63. The van der Waals surface area contributed by atoms with E-state index in [1.807, 2.05) is 0 Å². The van der Waals surface area contributed by atoms with Gasteiger partial charge in [-0.15, -0.1) is 0 Å². The summed E-state index contributed by atoms with van der Waals surface area (Å²) in [6.45, 7) is 6.79. The van der Waals surface area contributed by atoms with Gasteiger partial charge in [-0.05, 0) is 57.2 Å². The summed E-state index contributed by atoms with van der Waals surface area (Å²) in [5.41, 5.74) is 1.28. The Morgan fingerprint density at radius 2 is 2.05 bits per heavy atom. The first kappa shape index (κ1) is 15.6. The second kappa shape index (κ2) is 8.46. The largest absolute Gasteiger partial charge is 0.316 e. The van der Waals surface area contributed by atoms with Crippen molar-refractivity contribution in [3.63, 3.8) is 0 Å². The molecule has 0 bridgehead atoms. The molecule has 0 saturated heterocycles. The predicted octanol–water partition coefficient (Wildman–Crippen LogP) is 3.96. The Morgan fingerprint density at radius 1 is 1.25 bits per heavy atom. The lowest BCUT2D eigenvalue weighted by molar-refractivity contribution is 0.328. The van der Waals surface area contributed by atoms with Crippen LogP contribution in [0.3, 0.4) is 0 Å². The standard InChI is InChI=1S/C17H31N3/c1-15(2)14-18-12-7-6-8-16-11-13-20(19-16)17-9-4-3-5-10-17/h11,13,15,17-18H,3-10,12,14H2,1-2H3. The maximum atomic E-state index is 4.78. The number of unbranched alkanes of at least 4 members (excludes halogenated alkanes) is 1. The van der Waals surface area contributed by atoms with Gasteiger partial charge in [0.25, 0.3) is 0 Å². The van der Waals surface area contributed by atoms with Gasteiger partial charge in [-0.3, -0.25) is 4.68 Å². The van der Waals surface area contributed by atoms with E-state index >= 15 is 0 Å². The van der Waals surface area contributed by atoms with Crippen molar-refractivity contribution in [3.05, 3.63) is 18.0 Å². The summed E-state index contributed by atoms with van der Waals surface area (Å²) in [4.78, 5) is 0. The molecule has 0 spiro atoms. The zero-order valence-electron chi connectivity index (χ0n) is 13.3. The van der Waals surface area contributed by atoms with Crippen LogP contribution in [0.1, 0.15) is 70.5 Å². The lowest BCUT2D eigenvalue weighted by atomic mass is 9.96. The van der Waals surface area contributed by atoms with Gasteiger partial charge in [0.15, 0.2) is 0 Å². The van der Waals surface area contributed by atoms with Crippen molar-refractivity contribution in [2.24, 2.45) is 5.92 Å². The molecule has 0 amide bonds. The molecule has 20 heavy (non-hydrogen) atoms. The van der Waals surface area contributed by atoms with Gasteiger partial charge in [-0.2, -0.15) is 5.10 Å². The molecular weight excluding hydrogens is 246 g/mol.